The molecular weight excluding hydrogens is 196 g/mol. The summed E-state index contributed by atoms with van der Waals surface area (Å²) in [6, 6.07) is 4.32. The van der Waals surface area contributed by atoms with Gasteiger partial charge in [0.2, 0.25) is 0 Å². The van der Waals surface area contributed by atoms with Gasteiger partial charge in [-0.1, -0.05) is 0 Å². The van der Waals surface area contributed by atoms with Crippen LogP contribution < -0.4 is 5.32 Å². The predicted molar refractivity (Wildman–Crippen MR) is 59.0 cm³/mol. The van der Waals surface area contributed by atoms with Crippen molar-refractivity contribution in [1.82, 2.24) is 4.90 Å². The minimum atomic E-state index is 0.152. The minimum Gasteiger partial charge on any atom is -0.380 e. The molecule has 1 aromatic heterocycles. The zero-order chi connectivity index (χ0) is 10.1. The molecule has 1 aliphatic carbocycles. The number of thiophene rings is 1. The van der Waals surface area contributed by atoms with E-state index in [0.29, 0.717) is 6.04 Å². The van der Waals surface area contributed by atoms with Gasteiger partial charge in [0.25, 0.3) is 5.91 Å². The van der Waals surface area contributed by atoms with E-state index in [1.807, 2.05) is 31.1 Å². The van der Waals surface area contributed by atoms with E-state index in [1.165, 1.54) is 11.3 Å². The van der Waals surface area contributed by atoms with Gasteiger partial charge in [-0.15, -0.1) is 11.3 Å². The standard InChI is InChI=1S/C10H14N2OS/c1-11-9-6-5-8(14-9)10(13)12(2)7-3-4-7/h5-7,11H,3-4H2,1-2H3. The number of nitrogens with zero attached hydrogens (tertiary/aromatic N) is 1. The highest BCUT2D eigenvalue weighted by molar-refractivity contribution is 7.17. The first-order valence-corrected chi connectivity index (χ1v) is 5.59. The third-order valence-electron chi connectivity index (χ3n) is 2.48. The van der Waals surface area contributed by atoms with Crippen LogP contribution in [0.25, 0.3) is 0 Å². The van der Waals surface area contributed by atoms with Crippen LogP contribution in [0.1, 0.15) is 22.5 Å². The normalized spacial score (nSPS) is 15.3. The molecule has 1 amide bonds. The van der Waals surface area contributed by atoms with Crippen molar-refractivity contribution in [3.8, 4) is 0 Å². The van der Waals surface area contributed by atoms with Crippen LogP contribution in [0.15, 0.2) is 12.1 Å². The Bertz CT molecular complexity index is 344. The molecule has 14 heavy (non-hydrogen) atoms. The highest BCUT2D eigenvalue weighted by Gasteiger charge is 2.30. The molecule has 4 heteroatoms. The third kappa shape index (κ3) is 1.75. The summed E-state index contributed by atoms with van der Waals surface area (Å²) in [4.78, 5) is 14.5. The van der Waals surface area contributed by atoms with Gasteiger partial charge >= 0.3 is 0 Å². The van der Waals surface area contributed by atoms with E-state index in [0.717, 1.165) is 22.7 Å². The van der Waals surface area contributed by atoms with Crippen molar-refractivity contribution in [2.45, 2.75) is 18.9 Å². The lowest BCUT2D eigenvalue weighted by Gasteiger charge is -2.14. The van der Waals surface area contributed by atoms with Gasteiger partial charge in [0.1, 0.15) is 0 Å². The number of carbonyl (C=O) groups excluding carboxylic acids is 1. The summed E-state index contributed by atoms with van der Waals surface area (Å²) < 4.78 is 0. The fourth-order valence-corrected chi connectivity index (χ4v) is 2.23. The topological polar surface area (TPSA) is 32.3 Å². The monoisotopic (exact) mass is 210 g/mol. The van der Waals surface area contributed by atoms with Gasteiger partial charge in [0, 0.05) is 20.1 Å². The molecule has 76 valence electrons. The molecule has 1 N–H and O–H groups in total. The molecule has 0 aromatic carbocycles. The first kappa shape index (κ1) is 9.52. The Kier molecular flexibility index (Phi) is 2.46. The van der Waals surface area contributed by atoms with Crippen molar-refractivity contribution in [3.05, 3.63) is 17.0 Å². The Balaban J connectivity index is 2.09. The Labute approximate surface area is 87.7 Å². The van der Waals surface area contributed by atoms with Crippen LogP contribution in [0.2, 0.25) is 0 Å². The van der Waals surface area contributed by atoms with Gasteiger partial charge in [-0.05, 0) is 25.0 Å². The highest BCUT2D eigenvalue weighted by atomic mass is 32.1. The number of anilines is 1. The van der Waals surface area contributed by atoms with Crippen LogP contribution in [0.4, 0.5) is 5.00 Å². The van der Waals surface area contributed by atoms with Gasteiger partial charge in [-0.3, -0.25) is 4.79 Å². The molecule has 1 saturated carbocycles. The van der Waals surface area contributed by atoms with Crippen LogP contribution in [0.3, 0.4) is 0 Å². The van der Waals surface area contributed by atoms with E-state index >= 15 is 0 Å². The Morgan fingerprint density at radius 1 is 1.57 bits per heavy atom. The molecule has 3 nitrogen and oxygen atoms in total. The maximum absolute atomic E-state index is 11.9. The van der Waals surface area contributed by atoms with Gasteiger partial charge in [0.05, 0.1) is 9.88 Å². The summed E-state index contributed by atoms with van der Waals surface area (Å²) in [7, 11) is 3.75. The van der Waals surface area contributed by atoms with E-state index < -0.39 is 0 Å². The first-order valence-electron chi connectivity index (χ1n) is 4.77. The lowest BCUT2D eigenvalue weighted by molar-refractivity contribution is 0.0790. The molecule has 1 fully saturated rings. The summed E-state index contributed by atoms with van der Waals surface area (Å²) >= 11 is 1.51. The maximum Gasteiger partial charge on any atom is 0.263 e. The average Bonchev–Trinajstić information content (AvgIpc) is 2.94. The third-order valence-corrected chi connectivity index (χ3v) is 3.57. The van der Waals surface area contributed by atoms with E-state index in [1.54, 1.807) is 0 Å². The van der Waals surface area contributed by atoms with Crippen molar-refractivity contribution in [1.29, 1.82) is 0 Å². The SMILES string of the molecule is CNc1ccc(C(=O)N(C)C2CC2)s1. The van der Waals surface area contributed by atoms with Gasteiger partial charge in [0.15, 0.2) is 0 Å². The van der Waals surface area contributed by atoms with E-state index in [2.05, 4.69) is 5.32 Å². The zero-order valence-corrected chi connectivity index (χ0v) is 9.23. The molecule has 0 atom stereocenters. The first-order chi connectivity index (χ1) is 6.72. The molecular formula is C10H14N2OS. The Morgan fingerprint density at radius 3 is 2.79 bits per heavy atom. The molecule has 1 aromatic rings. The van der Waals surface area contributed by atoms with Crippen molar-refractivity contribution >= 4 is 22.2 Å². The van der Waals surface area contributed by atoms with Crippen LogP contribution in [-0.2, 0) is 0 Å². The number of rotatable bonds is 3. The summed E-state index contributed by atoms with van der Waals surface area (Å²) in [5, 5.41) is 4.07. The van der Waals surface area contributed by atoms with E-state index in [9.17, 15) is 4.79 Å². The number of amides is 1. The second-order valence-corrected chi connectivity index (χ2v) is 4.64. The van der Waals surface area contributed by atoms with Crippen LogP contribution >= 0.6 is 11.3 Å². The number of hydrogen-bond donors (Lipinski definition) is 1. The van der Waals surface area contributed by atoms with Crippen molar-refractivity contribution in [2.75, 3.05) is 19.4 Å². The molecule has 1 heterocycles. The molecule has 0 unspecified atom stereocenters. The molecule has 0 radical (unpaired) electrons. The van der Waals surface area contributed by atoms with Gasteiger partial charge in [-0.25, -0.2) is 0 Å². The second-order valence-electron chi connectivity index (χ2n) is 3.56. The molecule has 0 saturated heterocycles. The minimum absolute atomic E-state index is 0.152. The fraction of sp³-hybridized carbons (Fsp3) is 0.500. The van der Waals surface area contributed by atoms with Crippen LogP contribution in [0.5, 0.6) is 0 Å². The maximum atomic E-state index is 11.9. The van der Waals surface area contributed by atoms with Gasteiger partial charge in [-0.2, -0.15) is 0 Å². The van der Waals surface area contributed by atoms with Gasteiger partial charge < -0.3 is 10.2 Å². The zero-order valence-electron chi connectivity index (χ0n) is 8.41. The predicted octanol–water partition coefficient (Wildman–Crippen LogP) is 2.02. The smallest absolute Gasteiger partial charge is 0.263 e. The summed E-state index contributed by atoms with van der Waals surface area (Å²) in [5.74, 6) is 0.152. The molecule has 0 spiro atoms. The summed E-state index contributed by atoms with van der Waals surface area (Å²) in [6.07, 6.45) is 2.32. The number of hydrogen-bond acceptors (Lipinski definition) is 3. The van der Waals surface area contributed by atoms with E-state index in [4.69, 9.17) is 0 Å². The quantitative estimate of drug-likeness (QED) is 0.828. The fourth-order valence-electron chi connectivity index (χ4n) is 1.39. The van der Waals surface area contributed by atoms with Crippen molar-refractivity contribution < 1.29 is 4.79 Å². The van der Waals surface area contributed by atoms with E-state index in [-0.39, 0.29) is 5.91 Å². The Morgan fingerprint density at radius 2 is 2.29 bits per heavy atom. The summed E-state index contributed by atoms with van der Waals surface area (Å²) in [6.45, 7) is 0. The largest absolute Gasteiger partial charge is 0.380 e. The molecule has 0 bridgehead atoms. The van der Waals surface area contributed by atoms with Crippen LogP contribution in [0, 0.1) is 0 Å². The molecule has 0 aliphatic heterocycles. The lowest BCUT2D eigenvalue weighted by Crippen LogP contribution is -2.27. The van der Waals surface area contributed by atoms with Crippen molar-refractivity contribution in [3.63, 3.8) is 0 Å². The second kappa shape index (κ2) is 3.61. The summed E-state index contributed by atoms with van der Waals surface area (Å²) in [5.41, 5.74) is 0. The molecule has 2 rings (SSSR count). The number of nitrogens with one attached hydrogen (secondary N) is 1. The Hall–Kier alpha value is -1.03. The van der Waals surface area contributed by atoms with Crippen LogP contribution in [-0.4, -0.2) is 30.9 Å². The lowest BCUT2D eigenvalue weighted by atomic mass is 10.4. The average molecular weight is 210 g/mol. The number of carbonyl (C=O) groups is 1. The highest BCUT2D eigenvalue weighted by Crippen LogP contribution is 2.29. The molecule has 1 aliphatic rings. The van der Waals surface area contributed by atoms with Crippen molar-refractivity contribution in [2.24, 2.45) is 0 Å².